The molecule has 32 heavy (non-hydrogen) atoms. The van der Waals surface area contributed by atoms with Gasteiger partial charge in [0.1, 0.15) is 22.6 Å². The number of rotatable bonds is 3. The maximum Gasteiger partial charge on any atom is 0.433 e. The number of carbonyl (C=O) groups excluding carboxylic acids is 1. The highest BCUT2D eigenvalue weighted by Crippen LogP contribution is 2.40. The fourth-order valence-corrected chi connectivity index (χ4v) is 3.21. The first-order valence-electron chi connectivity index (χ1n) is 8.88. The van der Waals surface area contributed by atoms with E-state index in [1.165, 1.54) is 23.0 Å². The highest BCUT2D eigenvalue weighted by molar-refractivity contribution is 6.05. The molecule has 4 aromatic rings. The van der Waals surface area contributed by atoms with Crippen LogP contribution < -0.4 is 5.32 Å². The van der Waals surface area contributed by atoms with Crippen molar-refractivity contribution < 1.29 is 31.1 Å². The number of carbonyl (C=O) groups is 1. The summed E-state index contributed by atoms with van der Waals surface area (Å²) in [6, 6.07) is 6.32. The van der Waals surface area contributed by atoms with Crippen LogP contribution in [-0.2, 0) is 19.4 Å². The van der Waals surface area contributed by atoms with E-state index in [1.54, 1.807) is 12.1 Å². The molecule has 7 nitrogen and oxygen atoms in total. The number of fused-ring (bicyclic) bond motifs is 1. The summed E-state index contributed by atoms with van der Waals surface area (Å²) in [5.41, 5.74) is -4.04. The first-order valence-corrected chi connectivity index (χ1v) is 8.88. The van der Waals surface area contributed by atoms with Gasteiger partial charge in [0, 0.05) is 30.7 Å². The summed E-state index contributed by atoms with van der Waals surface area (Å²) in [7, 11) is 1.13. The lowest BCUT2D eigenvalue weighted by Crippen LogP contribution is -2.21. The molecule has 13 heteroatoms. The molecule has 0 saturated carbocycles. The second kappa shape index (κ2) is 7.35. The summed E-state index contributed by atoms with van der Waals surface area (Å²) in [5.74, 6) is -1.28. The van der Waals surface area contributed by atoms with Crippen LogP contribution in [-0.4, -0.2) is 30.3 Å². The zero-order valence-corrected chi connectivity index (χ0v) is 16.0. The van der Waals surface area contributed by atoms with E-state index in [4.69, 9.17) is 0 Å². The van der Waals surface area contributed by atoms with Crippen molar-refractivity contribution in [3.63, 3.8) is 0 Å². The van der Waals surface area contributed by atoms with Gasteiger partial charge in [-0.15, -0.1) is 0 Å². The van der Waals surface area contributed by atoms with Gasteiger partial charge in [-0.25, -0.2) is 4.52 Å². The summed E-state index contributed by atoms with van der Waals surface area (Å²) in [6.45, 7) is 0. The number of nitrogens with zero attached hydrogens (tertiary/aromatic N) is 5. The molecular formula is C19H12F6N6O. The molecule has 0 fully saturated rings. The summed E-state index contributed by atoms with van der Waals surface area (Å²) in [4.78, 5) is 15.9. The Morgan fingerprint density at radius 3 is 2.50 bits per heavy atom. The van der Waals surface area contributed by atoms with Crippen molar-refractivity contribution in [3.05, 3.63) is 65.9 Å². The van der Waals surface area contributed by atoms with Crippen molar-refractivity contribution in [3.8, 4) is 11.3 Å². The topological polar surface area (TPSA) is 77.1 Å². The Morgan fingerprint density at radius 1 is 1.06 bits per heavy atom. The number of pyridine rings is 2. The van der Waals surface area contributed by atoms with Crippen LogP contribution in [0, 0.1) is 0 Å². The van der Waals surface area contributed by atoms with Crippen LogP contribution in [0.5, 0.6) is 0 Å². The summed E-state index contributed by atoms with van der Waals surface area (Å²) >= 11 is 0. The fraction of sp³-hybridized carbons (Fsp3) is 0.158. The molecule has 0 aliphatic rings. The van der Waals surface area contributed by atoms with Gasteiger partial charge in [0.25, 0.3) is 5.91 Å². The number of hydrogen-bond acceptors (Lipinski definition) is 4. The third-order valence-corrected chi connectivity index (χ3v) is 4.54. The number of aromatic nitrogens is 5. The van der Waals surface area contributed by atoms with Gasteiger partial charge in [0.05, 0.1) is 11.7 Å². The van der Waals surface area contributed by atoms with Crippen LogP contribution in [0.25, 0.3) is 16.8 Å². The van der Waals surface area contributed by atoms with Gasteiger partial charge in [-0.05, 0) is 24.3 Å². The predicted molar refractivity (Wildman–Crippen MR) is 99.6 cm³/mol. The van der Waals surface area contributed by atoms with Crippen molar-refractivity contribution in [1.82, 2.24) is 24.4 Å². The Kier molecular flexibility index (Phi) is 4.90. The smallest absolute Gasteiger partial charge is 0.321 e. The zero-order valence-electron chi connectivity index (χ0n) is 16.0. The first kappa shape index (κ1) is 21.3. The van der Waals surface area contributed by atoms with E-state index < -0.39 is 40.9 Å². The molecule has 166 valence electrons. The number of alkyl halides is 6. The zero-order chi connectivity index (χ0) is 23.3. The van der Waals surface area contributed by atoms with Crippen molar-refractivity contribution in [2.24, 2.45) is 7.05 Å². The van der Waals surface area contributed by atoms with E-state index in [9.17, 15) is 31.1 Å². The number of hydrogen-bond donors (Lipinski definition) is 1. The third kappa shape index (κ3) is 3.76. The molecule has 0 aliphatic heterocycles. The Labute approximate surface area is 175 Å². The van der Waals surface area contributed by atoms with E-state index in [1.807, 2.05) is 0 Å². The van der Waals surface area contributed by atoms with Gasteiger partial charge < -0.3 is 5.32 Å². The Hall–Kier alpha value is -3.90. The Balaban J connectivity index is 1.81. The van der Waals surface area contributed by atoms with E-state index in [-0.39, 0.29) is 11.3 Å². The van der Waals surface area contributed by atoms with Crippen LogP contribution in [0.2, 0.25) is 0 Å². The second-order valence-corrected chi connectivity index (χ2v) is 6.66. The van der Waals surface area contributed by atoms with Gasteiger partial charge in [-0.2, -0.15) is 36.5 Å². The standard InChI is InChI=1S/C19H12F6N6O/c1-30-16(17(32)28-10-5-6-26-13(8-10)18(20,21)22)14(19(23,24)25)15(29-30)11-9-27-31-7-3-2-4-12(11)31/h2-9H,1H3,(H,26,28,32). The van der Waals surface area contributed by atoms with Crippen molar-refractivity contribution >= 4 is 17.1 Å². The molecule has 0 bridgehead atoms. The van der Waals surface area contributed by atoms with Gasteiger partial charge in [0.2, 0.25) is 0 Å². The summed E-state index contributed by atoms with van der Waals surface area (Å²) in [5, 5.41) is 9.93. The van der Waals surface area contributed by atoms with Gasteiger partial charge in [0.15, 0.2) is 0 Å². The minimum Gasteiger partial charge on any atom is -0.321 e. The van der Waals surface area contributed by atoms with Crippen LogP contribution in [0.15, 0.2) is 48.9 Å². The molecule has 4 heterocycles. The molecule has 0 radical (unpaired) electrons. The van der Waals surface area contributed by atoms with Crippen molar-refractivity contribution in [1.29, 1.82) is 0 Å². The molecule has 0 unspecified atom stereocenters. The number of aryl methyl sites for hydroxylation is 1. The SMILES string of the molecule is Cn1nc(-c2cnn3ccccc23)c(C(F)(F)F)c1C(=O)Nc1ccnc(C(F)(F)F)c1. The summed E-state index contributed by atoms with van der Waals surface area (Å²) in [6.07, 6.45) is -6.27. The van der Waals surface area contributed by atoms with Crippen molar-refractivity contribution in [2.75, 3.05) is 5.32 Å². The molecule has 1 N–H and O–H groups in total. The minimum atomic E-state index is -4.99. The molecule has 1 amide bonds. The predicted octanol–water partition coefficient (Wildman–Crippen LogP) is 4.42. The Morgan fingerprint density at radius 2 is 1.81 bits per heavy atom. The van der Waals surface area contributed by atoms with Crippen LogP contribution in [0.4, 0.5) is 32.0 Å². The quantitative estimate of drug-likeness (QED) is 0.465. The number of amides is 1. The average molecular weight is 454 g/mol. The number of anilines is 1. The van der Waals surface area contributed by atoms with E-state index in [2.05, 4.69) is 20.5 Å². The fourth-order valence-electron chi connectivity index (χ4n) is 3.21. The molecule has 4 rings (SSSR count). The van der Waals surface area contributed by atoms with Crippen LogP contribution in [0.3, 0.4) is 0 Å². The van der Waals surface area contributed by atoms with Gasteiger partial charge in [-0.3, -0.25) is 14.5 Å². The normalized spacial score (nSPS) is 12.3. The van der Waals surface area contributed by atoms with Gasteiger partial charge >= 0.3 is 12.4 Å². The maximum atomic E-state index is 14.0. The lowest BCUT2D eigenvalue weighted by Gasteiger charge is -2.12. The second-order valence-electron chi connectivity index (χ2n) is 6.66. The largest absolute Gasteiger partial charge is 0.433 e. The molecule has 0 saturated heterocycles. The molecule has 0 spiro atoms. The van der Waals surface area contributed by atoms with Crippen LogP contribution in [0.1, 0.15) is 21.7 Å². The van der Waals surface area contributed by atoms with E-state index >= 15 is 0 Å². The molecule has 0 atom stereocenters. The summed E-state index contributed by atoms with van der Waals surface area (Å²) < 4.78 is 82.7. The van der Waals surface area contributed by atoms with Crippen molar-refractivity contribution in [2.45, 2.75) is 12.4 Å². The van der Waals surface area contributed by atoms with Gasteiger partial charge in [-0.1, -0.05) is 6.07 Å². The molecule has 4 aromatic heterocycles. The van der Waals surface area contributed by atoms with E-state index in [0.29, 0.717) is 11.6 Å². The first-order chi connectivity index (χ1) is 15.0. The molecule has 0 aromatic carbocycles. The number of nitrogens with one attached hydrogen (secondary N) is 1. The number of halogens is 6. The molecular weight excluding hydrogens is 442 g/mol. The van der Waals surface area contributed by atoms with E-state index in [0.717, 1.165) is 24.0 Å². The molecule has 0 aliphatic carbocycles. The lowest BCUT2D eigenvalue weighted by atomic mass is 10.1. The lowest BCUT2D eigenvalue weighted by molar-refractivity contribution is -0.141. The third-order valence-electron chi connectivity index (χ3n) is 4.54. The minimum absolute atomic E-state index is 0.0378. The highest BCUT2D eigenvalue weighted by Gasteiger charge is 2.43. The average Bonchev–Trinajstić information content (AvgIpc) is 3.28. The monoisotopic (exact) mass is 454 g/mol. The van der Waals surface area contributed by atoms with Crippen LogP contribution >= 0.6 is 0 Å². The Bertz CT molecular complexity index is 1320. The maximum absolute atomic E-state index is 14.0. The highest BCUT2D eigenvalue weighted by atomic mass is 19.4.